The van der Waals surface area contributed by atoms with Crippen molar-refractivity contribution in [3.8, 4) is 5.75 Å². The van der Waals surface area contributed by atoms with Gasteiger partial charge >= 0.3 is 0 Å². The monoisotopic (exact) mass is 374 g/mol. The molecule has 0 aromatic heterocycles. The van der Waals surface area contributed by atoms with Crippen LogP contribution in [0, 0.1) is 5.41 Å². The van der Waals surface area contributed by atoms with Crippen LogP contribution in [0.2, 0.25) is 0 Å². The minimum Gasteiger partial charge on any atom is -0.484 e. The van der Waals surface area contributed by atoms with Gasteiger partial charge in [0.15, 0.2) is 12.6 Å². The number of carbonyl (C=O) groups is 1. The molecule has 0 bridgehead atoms. The quantitative estimate of drug-likeness (QED) is 0.541. The van der Waals surface area contributed by atoms with Crippen molar-refractivity contribution in [1.29, 1.82) is 0 Å². The molecule has 0 aliphatic carbocycles. The number of hydrogen-bond donors (Lipinski definition) is 2. The number of aliphatic imine (C=N–C) groups is 1. The normalized spacial score (nSPS) is 20.4. The van der Waals surface area contributed by atoms with Gasteiger partial charge < -0.3 is 20.7 Å². The van der Waals surface area contributed by atoms with Crippen LogP contribution in [-0.2, 0) is 11.2 Å². The van der Waals surface area contributed by atoms with E-state index in [0.717, 1.165) is 32.0 Å². The summed E-state index contributed by atoms with van der Waals surface area (Å²) in [7, 11) is 1.86. The number of hydrogen-bond acceptors (Lipinski definition) is 3. The maximum atomic E-state index is 10.8. The molecule has 1 saturated heterocycles. The number of nitrogens with zero attached hydrogens (tertiary/aromatic N) is 2. The second-order valence-electron chi connectivity index (χ2n) is 7.71. The zero-order chi connectivity index (χ0) is 19.7. The van der Waals surface area contributed by atoms with Gasteiger partial charge in [-0.3, -0.25) is 9.79 Å². The first-order valence-electron chi connectivity index (χ1n) is 9.91. The Labute approximate surface area is 163 Å². The minimum atomic E-state index is -0.470. The maximum Gasteiger partial charge on any atom is 0.255 e. The standard InChI is InChI=1S/C21H34N4O2/c1-4-11-21(2)12-5-14-25(16-21)20(23-3)24-13-10-17-6-8-18(9-7-17)27-15-19(22)26/h6-9H,4-5,10-16H2,1-3H3,(H2,22,26)(H,23,24). The van der Waals surface area contributed by atoms with Crippen LogP contribution in [0.25, 0.3) is 0 Å². The predicted octanol–water partition coefficient (Wildman–Crippen LogP) is 2.57. The third kappa shape index (κ3) is 6.77. The number of likely N-dealkylation sites (tertiary alicyclic amines) is 1. The van der Waals surface area contributed by atoms with E-state index in [-0.39, 0.29) is 6.61 Å². The average molecular weight is 375 g/mol. The van der Waals surface area contributed by atoms with Gasteiger partial charge in [0.25, 0.3) is 5.91 Å². The molecule has 1 fully saturated rings. The van der Waals surface area contributed by atoms with Crippen molar-refractivity contribution in [1.82, 2.24) is 10.2 Å². The molecule has 6 heteroatoms. The van der Waals surface area contributed by atoms with Crippen LogP contribution in [0.1, 0.15) is 45.1 Å². The predicted molar refractivity (Wildman–Crippen MR) is 110 cm³/mol. The second-order valence-corrected chi connectivity index (χ2v) is 7.71. The first-order chi connectivity index (χ1) is 13.0. The fraction of sp³-hybridized carbons (Fsp3) is 0.619. The van der Waals surface area contributed by atoms with Gasteiger partial charge in [-0.2, -0.15) is 0 Å². The Kier molecular flexibility index (Phi) is 7.95. The maximum absolute atomic E-state index is 10.8. The first-order valence-corrected chi connectivity index (χ1v) is 9.91. The number of carbonyl (C=O) groups excluding carboxylic acids is 1. The van der Waals surface area contributed by atoms with Gasteiger partial charge in [0, 0.05) is 26.7 Å². The molecule has 6 nitrogen and oxygen atoms in total. The first kappa shape index (κ1) is 21.1. The highest BCUT2D eigenvalue weighted by atomic mass is 16.5. The molecule has 1 aliphatic rings. The summed E-state index contributed by atoms with van der Waals surface area (Å²) in [4.78, 5) is 17.6. The fourth-order valence-corrected chi connectivity index (χ4v) is 3.86. The summed E-state index contributed by atoms with van der Waals surface area (Å²) >= 11 is 0. The zero-order valence-electron chi connectivity index (χ0n) is 17.0. The summed E-state index contributed by atoms with van der Waals surface area (Å²) in [6.45, 7) is 7.55. The summed E-state index contributed by atoms with van der Waals surface area (Å²) < 4.78 is 5.29. The van der Waals surface area contributed by atoms with Crippen LogP contribution in [0.5, 0.6) is 5.75 Å². The molecule has 1 aliphatic heterocycles. The summed E-state index contributed by atoms with van der Waals surface area (Å²) in [5, 5.41) is 3.51. The summed E-state index contributed by atoms with van der Waals surface area (Å²) in [5.41, 5.74) is 6.69. The van der Waals surface area contributed by atoms with Gasteiger partial charge in [0.2, 0.25) is 0 Å². The molecule has 0 spiro atoms. The number of piperidine rings is 1. The lowest BCUT2D eigenvalue weighted by Crippen LogP contribution is -2.50. The molecule has 1 heterocycles. The van der Waals surface area contributed by atoms with Crippen LogP contribution in [0.4, 0.5) is 0 Å². The molecule has 27 heavy (non-hydrogen) atoms. The molecule has 2 rings (SSSR count). The number of benzene rings is 1. The summed E-state index contributed by atoms with van der Waals surface area (Å²) in [5.74, 6) is 1.19. The SMILES string of the molecule is CCCC1(C)CCCN(C(=NC)NCCc2ccc(OCC(N)=O)cc2)C1. The lowest BCUT2D eigenvalue weighted by molar-refractivity contribution is -0.119. The van der Waals surface area contributed by atoms with Crippen LogP contribution in [0.3, 0.4) is 0 Å². The molecule has 1 amide bonds. The van der Waals surface area contributed by atoms with Crippen LogP contribution < -0.4 is 15.8 Å². The van der Waals surface area contributed by atoms with Crippen molar-refractivity contribution >= 4 is 11.9 Å². The van der Waals surface area contributed by atoms with E-state index >= 15 is 0 Å². The van der Waals surface area contributed by atoms with E-state index in [1.807, 2.05) is 31.3 Å². The Bertz CT molecular complexity index is 626. The lowest BCUT2D eigenvalue weighted by atomic mass is 9.78. The minimum absolute atomic E-state index is 0.0932. The second kappa shape index (κ2) is 10.2. The highest BCUT2D eigenvalue weighted by Crippen LogP contribution is 2.33. The lowest BCUT2D eigenvalue weighted by Gasteiger charge is -2.42. The van der Waals surface area contributed by atoms with Crippen molar-refractivity contribution in [3.63, 3.8) is 0 Å². The number of amides is 1. The Morgan fingerprint density at radius 2 is 2.11 bits per heavy atom. The van der Waals surface area contributed by atoms with Crippen molar-refractivity contribution < 1.29 is 9.53 Å². The Balaban J connectivity index is 1.81. The van der Waals surface area contributed by atoms with Gasteiger partial charge in [0.05, 0.1) is 0 Å². The van der Waals surface area contributed by atoms with Crippen LogP contribution in [-0.4, -0.2) is 50.1 Å². The number of ether oxygens (including phenoxy) is 1. The zero-order valence-corrected chi connectivity index (χ0v) is 17.0. The van der Waals surface area contributed by atoms with Gasteiger partial charge in [-0.25, -0.2) is 0 Å². The molecule has 1 atom stereocenters. The van der Waals surface area contributed by atoms with E-state index in [0.29, 0.717) is 11.2 Å². The van der Waals surface area contributed by atoms with Crippen molar-refractivity contribution in [3.05, 3.63) is 29.8 Å². The number of guanidine groups is 1. The fourth-order valence-electron chi connectivity index (χ4n) is 3.86. The molecule has 0 radical (unpaired) electrons. The number of nitrogens with one attached hydrogen (secondary N) is 1. The molecule has 1 unspecified atom stereocenters. The molecule has 1 aromatic carbocycles. The highest BCUT2D eigenvalue weighted by molar-refractivity contribution is 5.80. The number of primary amides is 1. The molecule has 3 N–H and O–H groups in total. The van der Waals surface area contributed by atoms with Crippen molar-refractivity contribution in [2.75, 3.05) is 33.3 Å². The summed E-state index contributed by atoms with van der Waals surface area (Å²) in [6.07, 6.45) is 5.93. The highest BCUT2D eigenvalue weighted by Gasteiger charge is 2.31. The van der Waals surface area contributed by atoms with Gasteiger partial charge in [-0.1, -0.05) is 32.4 Å². The van der Waals surface area contributed by atoms with Crippen molar-refractivity contribution in [2.45, 2.75) is 46.0 Å². The van der Waals surface area contributed by atoms with E-state index < -0.39 is 5.91 Å². The molecule has 0 saturated carbocycles. The smallest absolute Gasteiger partial charge is 0.255 e. The van der Waals surface area contributed by atoms with Crippen LogP contribution in [0.15, 0.2) is 29.3 Å². The van der Waals surface area contributed by atoms with E-state index in [4.69, 9.17) is 10.5 Å². The average Bonchev–Trinajstić information content (AvgIpc) is 2.64. The topological polar surface area (TPSA) is 79.9 Å². The molecule has 1 aromatic rings. The number of nitrogens with two attached hydrogens (primary N) is 1. The largest absolute Gasteiger partial charge is 0.484 e. The third-order valence-electron chi connectivity index (χ3n) is 5.15. The van der Waals surface area contributed by atoms with Gasteiger partial charge in [0.1, 0.15) is 5.75 Å². The number of rotatable bonds is 8. The van der Waals surface area contributed by atoms with Crippen molar-refractivity contribution in [2.24, 2.45) is 16.1 Å². The molecule has 150 valence electrons. The van der Waals surface area contributed by atoms with Gasteiger partial charge in [-0.15, -0.1) is 0 Å². The van der Waals surface area contributed by atoms with Gasteiger partial charge in [-0.05, 0) is 48.8 Å². The summed E-state index contributed by atoms with van der Waals surface area (Å²) in [6, 6.07) is 7.77. The van der Waals surface area contributed by atoms with E-state index in [1.165, 1.54) is 31.2 Å². The molecular formula is C21H34N4O2. The van der Waals surface area contributed by atoms with E-state index in [9.17, 15) is 4.79 Å². The van der Waals surface area contributed by atoms with Crippen LogP contribution >= 0.6 is 0 Å². The Morgan fingerprint density at radius 3 is 2.74 bits per heavy atom. The van der Waals surface area contributed by atoms with E-state index in [2.05, 4.69) is 29.1 Å². The Hall–Kier alpha value is -2.24. The third-order valence-corrected chi connectivity index (χ3v) is 5.15. The Morgan fingerprint density at radius 1 is 1.37 bits per heavy atom. The van der Waals surface area contributed by atoms with E-state index in [1.54, 1.807) is 0 Å². The molecular weight excluding hydrogens is 340 g/mol.